The van der Waals surface area contributed by atoms with Crippen LogP contribution in [0.1, 0.15) is 34.7 Å². The number of benzene rings is 1. The van der Waals surface area contributed by atoms with E-state index in [9.17, 15) is 9.90 Å². The SMILES string of the molecule is COC(=O)c1c(CO)nnn1C(C)c1ccc2ncccc2c1. The molecular formula is C16H16N4O3. The molecule has 2 heterocycles. The van der Waals surface area contributed by atoms with Gasteiger partial charge in [0.15, 0.2) is 5.69 Å². The predicted molar refractivity (Wildman–Crippen MR) is 82.8 cm³/mol. The lowest BCUT2D eigenvalue weighted by Crippen LogP contribution is -2.17. The van der Waals surface area contributed by atoms with Gasteiger partial charge in [0, 0.05) is 11.6 Å². The number of carbonyl (C=O) groups excluding carboxylic acids is 1. The molecule has 0 saturated carbocycles. The van der Waals surface area contributed by atoms with Crippen LogP contribution in [-0.4, -0.2) is 38.2 Å². The van der Waals surface area contributed by atoms with Crippen LogP contribution in [0.2, 0.25) is 0 Å². The second-order valence-electron chi connectivity index (χ2n) is 5.11. The highest BCUT2D eigenvalue weighted by atomic mass is 16.5. The van der Waals surface area contributed by atoms with Crippen molar-refractivity contribution in [3.63, 3.8) is 0 Å². The molecule has 1 N–H and O–H groups in total. The van der Waals surface area contributed by atoms with E-state index in [1.165, 1.54) is 11.8 Å². The lowest BCUT2D eigenvalue weighted by molar-refractivity contribution is 0.0581. The van der Waals surface area contributed by atoms with E-state index in [2.05, 4.69) is 15.3 Å². The highest BCUT2D eigenvalue weighted by Gasteiger charge is 2.24. The molecule has 0 amide bonds. The Morgan fingerprint density at radius 2 is 2.22 bits per heavy atom. The van der Waals surface area contributed by atoms with E-state index in [-0.39, 0.29) is 24.0 Å². The van der Waals surface area contributed by atoms with Crippen LogP contribution in [0.4, 0.5) is 0 Å². The zero-order chi connectivity index (χ0) is 16.4. The monoisotopic (exact) mass is 312 g/mol. The Balaban J connectivity index is 2.06. The first kappa shape index (κ1) is 15.1. The van der Waals surface area contributed by atoms with Crippen molar-refractivity contribution in [1.82, 2.24) is 20.0 Å². The third-order valence-electron chi connectivity index (χ3n) is 3.77. The first-order valence-electron chi connectivity index (χ1n) is 7.13. The zero-order valence-corrected chi connectivity index (χ0v) is 12.8. The molecule has 0 aliphatic rings. The molecule has 23 heavy (non-hydrogen) atoms. The Kier molecular flexibility index (Phi) is 4.03. The fourth-order valence-electron chi connectivity index (χ4n) is 2.51. The third kappa shape index (κ3) is 2.66. The Morgan fingerprint density at radius 1 is 1.39 bits per heavy atom. The normalized spacial score (nSPS) is 12.3. The van der Waals surface area contributed by atoms with Crippen molar-refractivity contribution < 1.29 is 14.6 Å². The van der Waals surface area contributed by atoms with Gasteiger partial charge in [-0.2, -0.15) is 0 Å². The molecule has 7 heteroatoms. The van der Waals surface area contributed by atoms with Crippen LogP contribution in [0.15, 0.2) is 36.5 Å². The van der Waals surface area contributed by atoms with E-state index >= 15 is 0 Å². The number of hydrogen-bond acceptors (Lipinski definition) is 6. The van der Waals surface area contributed by atoms with Gasteiger partial charge < -0.3 is 9.84 Å². The fraction of sp³-hybridized carbons (Fsp3) is 0.250. The number of nitrogens with zero attached hydrogens (tertiary/aromatic N) is 4. The van der Waals surface area contributed by atoms with Crippen LogP contribution in [0.3, 0.4) is 0 Å². The van der Waals surface area contributed by atoms with Gasteiger partial charge in [-0.15, -0.1) is 5.10 Å². The second-order valence-corrected chi connectivity index (χ2v) is 5.11. The van der Waals surface area contributed by atoms with Gasteiger partial charge in [0.05, 0.1) is 25.3 Å². The summed E-state index contributed by atoms with van der Waals surface area (Å²) in [7, 11) is 1.28. The molecule has 2 aromatic heterocycles. The van der Waals surface area contributed by atoms with E-state index in [0.717, 1.165) is 16.5 Å². The molecule has 7 nitrogen and oxygen atoms in total. The summed E-state index contributed by atoms with van der Waals surface area (Å²) in [5.74, 6) is -0.576. The number of methoxy groups -OCH3 is 1. The molecule has 0 saturated heterocycles. The van der Waals surface area contributed by atoms with Crippen molar-refractivity contribution in [3.8, 4) is 0 Å². The maximum atomic E-state index is 12.0. The van der Waals surface area contributed by atoms with Crippen LogP contribution in [0.25, 0.3) is 10.9 Å². The molecule has 0 fully saturated rings. The molecule has 1 atom stereocenters. The topological polar surface area (TPSA) is 90.1 Å². The number of carbonyl (C=O) groups is 1. The van der Waals surface area contributed by atoms with Crippen LogP contribution in [0, 0.1) is 0 Å². The molecule has 3 rings (SSSR count). The molecular weight excluding hydrogens is 296 g/mol. The first-order valence-corrected chi connectivity index (χ1v) is 7.13. The van der Waals surface area contributed by atoms with Crippen LogP contribution < -0.4 is 0 Å². The summed E-state index contributed by atoms with van der Waals surface area (Å²) in [5.41, 5.74) is 2.20. The van der Waals surface area contributed by atoms with Crippen molar-refractivity contribution in [2.75, 3.05) is 7.11 Å². The number of aliphatic hydroxyl groups is 1. The minimum absolute atomic E-state index is 0.161. The maximum Gasteiger partial charge on any atom is 0.358 e. The smallest absolute Gasteiger partial charge is 0.358 e. The van der Waals surface area contributed by atoms with Crippen LogP contribution in [-0.2, 0) is 11.3 Å². The minimum atomic E-state index is -0.576. The summed E-state index contributed by atoms with van der Waals surface area (Å²) in [5, 5.41) is 18.2. The molecule has 1 unspecified atom stereocenters. The second kappa shape index (κ2) is 6.13. The Morgan fingerprint density at radius 3 is 2.96 bits per heavy atom. The lowest BCUT2D eigenvalue weighted by atomic mass is 10.1. The van der Waals surface area contributed by atoms with E-state index in [4.69, 9.17) is 4.74 Å². The highest BCUT2D eigenvalue weighted by molar-refractivity contribution is 5.88. The van der Waals surface area contributed by atoms with E-state index in [1.807, 2.05) is 37.3 Å². The fourth-order valence-corrected chi connectivity index (χ4v) is 2.51. The number of esters is 1. The average Bonchev–Trinajstić information content (AvgIpc) is 3.04. The quantitative estimate of drug-likeness (QED) is 0.738. The van der Waals surface area contributed by atoms with Crippen molar-refractivity contribution in [3.05, 3.63) is 53.5 Å². The molecule has 3 aromatic rings. The van der Waals surface area contributed by atoms with Crippen molar-refractivity contribution in [2.24, 2.45) is 0 Å². The molecule has 1 aromatic carbocycles. The summed E-state index contributed by atoms with van der Waals surface area (Å²) in [4.78, 5) is 16.3. The lowest BCUT2D eigenvalue weighted by Gasteiger charge is -2.15. The molecule has 0 radical (unpaired) electrons. The summed E-state index contributed by atoms with van der Waals surface area (Å²) in [6, 6.07) is 9.44. The Bertz CT molecular complexity index is 859. The summed E-state index contributed by atoms with van der Waals surface area (Å²) in [6.07, 6.45) is 1.74. The van der Waals surface area contributed by atoms with Gasteiger partial charge >= 0.3 is 5.97 Å². The van der Waals surface area contributed by atoms with E-state index in [1.54, 1.807) is 6.20 Å². The third-order valence-corrected chi connectivity index (χ3v) is 3.77. The number of fused-ring (bicyclic) bond motifs is 1. The molecule has 0 aliphatic heterocycles. The summed E-state index contributed by atoms with van der Waals surface area (Å²) in [6.45, 7) is 1.53. The average molecular weight is 312 g/mol. The standard InChI is InChI=1S/C16H16N4O3/c1-10(11-5-6-13-12(8-11)4-3-7-17-13)20-15(16(22)23-2)14(9-21)18-19-20/h3-8,10,21H,9H2,1-2H3. The van der Waals surface area contributed by atoms with Gasteiger partial charge in [-0.25, -0.2) is 9.48 Å². The van der Waals surface area contributed by atoms with E-state index in [0.29, 0.717) is 0 Å². The summed E-state index contributed by atoms with van der Waals surface area (Å²) < 4.78 is 6.24. The van der Waals surface area contributed by atoms with Gasteiger partial charge in [-0.1, -0.05) is 17.3 Å². The summed E-state index contributed by atoms with van der Waals surface area (Å²) >= 11 is 0. The van der Waals surface area contributed by atoms with E-state index < -0.39 is 5.97 Å². The van der Waals surface area contributed by atoms with Gasteiger partial charge in [-0.05, 0) is 30.7 Å². The first-order chi connectivity index (χ1) is 11.2. The highest BCUT2D eigenvalue weighted by Crippen LogP contribution is 2.23. The number of rotatable bonds is 4. The van der Waals surface area contributed by atoms with Crippen molar-refractivity contribution >= 4 is 16.9 Å². The molecule has 118 valence electrons. The van der Waals surface area contributed by atoms with Gasteiger partial charge in [0.2, 0.25) is 0 Å². The Labute approximate surface area is 132 Å². The van der Waals surface area contributed by atoms with Crippen LogP contribution in [0.5, 0.6) is 0 Å². The van der Waals surface area contributed by atoms with Gasteiger partial charge in [0.1, 0.15) is 5.69 Å². The van der Waals surface area contributed by atoms with Crippen molar-refractivity contribution in [2.45, 2.75) is 19.6 Å². The molecule has 0 spiro atoms. The zero-order valence-electron chi connectivity index (χ0n) is 12.8. The molecule has 0 bridgehead atoms. The predicted octanol–water partition coefficient (Wildman–Crippen LogP) is 1.71. The van der Waals surface area contributed by atoms with Crippen molar-refractivity contribution in [1.29, 1.82) is 0 Å². The number of aromatic nitrogens is 4. The largest absolute Gasteiger partial charge is 0.464 e. The maximum absolute atomic E-state index is 12.0. The number of pyridine rings is 1. The minimum Gasteiger partial charge on any atom is -0.464 e. The number of ether oxygens (including phenoxy) is 1. The Hall–Kier alpha value is -2.80. The van der Waals surface area contributed by atoms with Gasteiger partial charge in [0.25, 0.3) is 0 Å². The van der Waals surface area contributed by atoms with Gasteiger partial charge in [-0.3, -0.25) is 4.98 Å². The number of aliphatic hydroxyl groups excluding tert-OH is 1. The van der Waals surface area contributed by atoms with Crippen LogP contribution >= 0.6 is 0 Å². The molecule has 0 aliphatic carbocycles. The number of hydrogen-bond donors (Lipinski definition) is 1.